The molecule has 4 aromatic carbocycles. The van der Waals surface area contributed by atoms with E-state index < -0.39 is 0 Å². The topological polar surface area (TPSA) is 106 Å². The Hall–Kier alpha value is -5.14. The van der Waals surface area contributed by atoms with E-state index in [9.17, 15) is 0 Å². The van der Waals surface area contributed by atoms with Crippen molar-refractivity contribution in [3.8, 4) is 45.6 Å². The molecule has 8 bridgehead atoms. The van der Waals surface area contributed by atoms with Gasteiger partial charge in [-0.3, -0.25) is 0 Å². The maximum Gasteiger partial charge on any atom is 2.00 e. The van der Waals surface area contributed by atoms with Gasteiger partial charge in [0.1, 0.15) is 0 Å². The molecule has 3 aromatic heterocycles. The third-order valence-electron chi connectivity index (χ3n) is 8.11. The number of rotatable bonds is 1. The first kappa shape index (κ1) is 26.5. The Morgan fingerprint density at radius 1 is 0.432 bits per heavy atom. The van der Waals surface area contributed by atoms with E-state index in [-0.39, 0.29) is 19.5 Å². The van der Waals surface area contributed by atoms with Crippen LogP contribution in [0.3, 0.4) is 0 Å². The van der Waals surface area contributed by atoms with Crippen molar-refractivity contribution in [3.63, 3.8) is 0 Å². The van der Waals surface area contributed by atoms with E-state index >= 15 is 0 Å². The second-order valence-electron chi connectivity index (χ2n) is 11.1. The molecule has 0 aliphatic carbocycles. The summed E-state index contributed by atoms with van der Waals surface area (Å²) in [5.41, 5.74) is 7.05. The molecule has 0 atom stereocenters. The third kappa shape index (κ3) is 4.00. The van der Waals surface area contributed by atoms with Gasteiger partial charge in [0.2, 0.25) is 0 Å². The molecule has 0 radical (unpaired) electrons. The van der Waals surface area contributed by atoms with E-state index in [1.54, 1.807) is 0 Å². The minimum Gasteiger partial charge on any atom is -0.357 e. The molecular formula is C35H22N8Zn. The molecular weight excluding hydrogens is 598 g/mol. The van der Waals surface area contributed by atoms with Gasteiger partial charge < -0.3 is 29.9 Å². The van der Waals surface area contributed by atoms with Crippen molar-refractivity contribution in [1.82, 2.24) is 39.9 Å². The van der Waals surface area contributed by atoms with Gasteiger partial charge >= 0.3 is 19.5 Å². The molecule has 5 heterocycles. The molecule has 0 saturated carbocycles. The average molecular weight is 620 g/mol. The van der Waals surface area contributed by atoms with E-state index in [0.717, 1.165) is 43.8 Å². The van der Waals surface area contributed by atoms with Gasteiger partial charge in [-0.05, 0) is 39.1 Å². The van der Waals surface area contributed by atoms with Gasteiger partial charge in [-0.25, -0.2) is 9.97 Å². The first-order valence-electron chi connectivity index (χ1n) is 14.2. The molecule has 44 heavy (non-hydrogen) atoms. The van der Waals surface area contributed by atoms with Gasteiger partial charge in [0.25, 0.3) is 0 Å². The Balaban J connectivity index is 0.00000289. The number of nitrogens with zero attached hydrogens (tertiary/aromatic N) is 8. The minimum atomic E-state index is 0. The average Bonchev–Trinajstić information content (AvgIpc) is 3.76. The van der Waals surface area contributed by atoms with Gasteiger partial charge in [0, 0.05) is 44.8 Å². The van der Waals surface area contributed by atoms with Crippen LogP contribution in [0.2, 0.25) is 0 Å². The first-order valence-corrected chi connectivity index (χ1v) is 14.2. The van der Waals surface area contributed by atoms with Crippen molar-refractivity contribution in [2.75, 3.05) is 0 Å². The molecule has 0 saturated heterocycles. The molecule has 2 aliphatic rings. The van der Waals surface area contributed by atoms with Crippen LogP contribution in [0.15, 0.2) is 91.0 Å². The summed E-state index contributed by atoms with van der Waals surface area (Å²) in [7, 11) is 0. The maximum atomic E-state index is 5.05. The quantitative estimate of drug-likeness (QED) is 0.177. The SMILES string of the molecule is CC(C)c1ccc2c(c1)-c1nc-2nc2[n-]c(nc3nc(nc4[n-]c(n1)c1ccccc41)-c1ccccc1-3)c1ccccc21.[Zn+2]. The van der Waals surface area contributed by atoms with Crippen molar-refractivity contribution in [2.45, 2.75) is 19.8 Å². The van der Waals surface area contributed by atoms with Gasteiger partial charge in [-0.15, -0.1) is 0 Å². The molecule has 9 heteroatoms. The van der Waals surface area contributed by atoms with Crippen molar-refractivity contribution in [3.05, 3.63) is 96.6 Å². The van der Waals surface area contributed by atoms with Crippen LogP contribution in [-0.4, -0.2) is 29.9 Å². The number of benzene rings is 4. The van der Waals surface area contributed by atoms with Gasteiger partial charge in [-0.2, -0.15) is 0 Å². The molecule has 0 N–H and O–H groups in total. The van der Waals surface area contributed by atoms with Gasteiger partial charge in [0.15, 0.2) is 0 Å². The number of hydrogen-bond acceptors (Lipinski definition) is 6. The van der Waals surface area contributed by atoms with E-state index in [0.29, 0.717) is 51.8 Å². The van der Waals surface area contributed by atoms with E-state index in [4.69, 9.17) is 39.9 Å². The Morgan fingerprint density at radius 3 is 1.20 bits per heavy atom. The van der Waals surface area contributed by atoms with Gasteiger partial charge in [-0.1, -0.05) is 98.8 Å². The molecule has 9 rings (SSSR count). The fourth-order valence-corrected chi connectivity index (χ4v) is 5.89. The van der Waals surface area contributed by atoms with E-state index in [1.807, 2.05) is 72.8 Å². The van der Waals surface area contributed by atoms with Crippen LogP contribution in [-0.2, 0) is 19.5 Å². The second-order valence-corrected chi connectivity index (χ2v) is 11.1. The predicted molar refractivity (Wildman–Crippen MR) is 168 cm³/mol. The fraction of sp³-hybridized carbons (Fsp3) is 0.0857. The molecule has 204 valence electrons. The standard InChI is InChI=1S/C35H22N8.Zn/c1-18(2)19-15-16-26-27(17-19)35-42-33-25-14-8-7-13-24(25)31(40-33)38-29-21-10-4-3-9-20(21)28(36-29)37-30-22-11-5-6-12-23(22)32(39-30)41-34(26)43-35;/h3-18H,1-2H3;/q-2;+2. The van der Waals surface area contributed by atoms with Crippen LogP contribution in [0.25, 0.3) is 89.7 Å². The van der Waals surface area contributed by atoms with Crippen molar-refractivity contribution in [1.29, 1.82) is 0 Å². The summed E-state index contributed by atoms with van der Waals surface area (Å²) in [6, 6.07) is 30.3. The summed E-state index contributed by atoms with van der Waals surface area (Å²) in [6.45, 7) is 4.36. The second kappa shape index (κ2) is 9.96. The molecule has 0 fully saturated rings. The Kier molecular flexibility index (Phi) is 6.00. The smallest absolute Gasteiger partial charge is 0.357 e. The largest absolute Gasteiger partial charge is 2.00 e. The van der Waals surface area contributed by atoms with E-state index in [1.165, 1.54) is 5.56 Å². The van der Waals surface area contributed by atoms with Crippen LogP contribution in [0, 0.1) is 0 Å². The zero-order valence-corrected chi connectivity index (χ0v) is 27.0. The number of fused-ring (bicyclic) bond motifs is 20. The van der Waals surface area contributed by atoms with Crippen LogP contribution in [0.1, 0.15) is 25.3 Å². The summed E-state index contributed by atoms with van der Waals surface area (Å²) in [4.78, 5) is 39.7. The van der Waals surface area contributed by atoms with Crippen molar-refractivity contribution in [2.24, 2.45) is 0 Å². The molecule has 2 aliphatic heterocycles. The van der Waals surface area contributed by atoms with Crippen LogP contribution in [0.4, 0.5) is 0 Å². The van der Waals surface area contributed by atoms with Crippen LogP contribution in [0.5, 0.6) is 0 Å². The normalized spacial score (nSPS) is 11.9. The predicted octanol–water partition coefficient (Wildman–Crippen LogP) is 7.25. The first-order chi connectivity index (χ1) is 21.1. The number of hydrogen-bond donors (Lipinski definition) is 0. The Morgan fingerprint density at radius 2 is 0.795 bits per heavy atom. The number of aromatic nitrogens is 8. The van der Waals surface area contributed by atoms with Crippen molar-refractivity contribution >= 4 is 44.1 Å². The zero-order valence-electron chi connectivity index (χ0n) is 24.0. The third-order valence-corrected chi connectivity index (χ3v) is 8.11. The van der Waals surface area contributed by atoms with Crippen LogP contribution < -0.4 is 9.97 Å². The fourth-order valence-electron chi connectivity index (χ4n) is 5.89. The summed E-state index contributed by atoms with van der Waals surface area (Å²) in [5, 5.41) is 3.58. The molecule has 7 aromatic rings. The Labute approximate surface area is 264 Å². The molecule has 0 unspecified atom stereocenters. The maximum absolute atomic E-state index is 5.05. The summed E-state index contributed by atoms with van der Waals surface area (Å²) >= 11 is 0. The molecule has 0 amide bonds. The summed E-state index contributed by atoms with van der Waals surface area (Å²) in [5.74, 6) is 2.58. The molecule has 8 nitrogen and oxygen atoms in total. The van der Waals surface area contributed by atoms with Crippen LogP contribution >= 0.6 is 0 Å². The zero-order chi connectivity index (χ0) is 28.7. The van der Waals surface area contributed by atoms with Crippen molar-refractivity contribution < 1.29 is 19.5 Å². The van der Waals surface area contributed by atoms with E-state index in [2.05, 4.69) is 32.0 Å². The summed E-state index contributed by atoms with van der Waals surface area (Å²) < 4.78 is 0. The minimum absolute atomic E-state index is 0. The molecule has 0 spiro atoms. The monoisotopic (exact) mass is 618 g/mol. The van der Waals surface area contributed by atoms with Gasteiger partial charge in [0.05, 0.1) is 23.3 Å². The summed E-state index contributed by atoms with van der Waals surface area (Å²) in [6.07, 6.45) is 0. The Bertz CT molecular complexity index is 2450.